The molecule has 0 aliphatic heterocycles. The Balaban J connectivity index is 2.45. The molecule has 0 saturated carbocycles. The maximum atomic E-state index is 14.0. The maximum absolute atomic E-state index is 14.0. The molecule has 2 aromatic rings. The second kappa shape index (κ2) is 5.29. The average Bonchev–Trinajstić information content (AvgIpc) is 2.72. The molecule has 1 N–H and O–H groups in total. The van der Waals surface area contributed by atoms with Crippen molar-refractivity contribution in [2.24, 2.45) is 0 Å². The van der Waals surface area contributed by atoms with Crippen molar-refractivity contribution < 1.29 is 4.39 Å². The number of thiophene rings is 1. The summed E-state index contributed by atoms with van der Waals surface area (Å²) in [5.41, 5.74) is 1.77. The smallest absolute Gasteiger partial charge is 0.142 e. The van der Waals surface area contributed by atoms with E-state index in [2.05, 4.69) is 39.6 Å². The molecule has 1 atom stereocenters. The first-order valence-electron chi connectivity index (χ1n) is 5.29. The predicted octanol–water partition coefficient (Wildman–Crippen LogP) is 4.27. The van der Waals surface area contributed by atoms with Gasteiger partial charge in [-0.25, -0.2) is 4.39 Å². The first-order chi connectivity index (χ1) is 8.13. The van der Waals surface area contributed by atoms with Crippen molar-refractivity contribution in [3.8, 4) is 0 Å². The highest BCUT2D eigenvalue weighted by Gasteiger charge is 2.18. The molecule has 0 aliphatic carbocycles. The lowest BCUT2D eigenvalue weighted by molar-refractivity contribution is 0.571. The van der Waals surface area contributed by atoms with Crippen LogP contribution in [0.1, 0.15) is 22.0 Å². The van der Waals surface area contributed by atoms with Crippen LogP contribution in [0.5, 0.6) is 0 Å². The SMILES string of the molecule is CNC(c1csc(C)c1)c1cccc(Br)c1F. The van der Waals surface area contributed by atoms with Gasteiger partial charge in [0.1, 0.15) is 5.82 Å². The molecule has 0 spiro atoms. The summed E-state index contributed by atoms with van der Waals surface area (Å²) >= 11 is 4.90. The van der Waals surface area contributed by atoms with E-state index in [1.54, 1.807) is 17.4 Å². The molecule has 17 heavy (non-hydrogen) atoms. The Morgan fingerprint density at radius 1 is 1.41 bits per heavy atom. The molecule has 1 nitrogen and oxygen atoms in total. The van der Waals surface area contributed by atoms with Gasteiger partial charge in [-0.2, -0.15) is 0 Å². The van der Waals surface area contributed by atoms with Crippen molar-refractivity contribution in [1.82, 2.24) is 5.32 Å². The summed E-state index contributed by atoms with van der Waals surface area (Å²) in [7, 11) is 1.85. The molecule has 0 aliphatic rings. The van der Waals surface area contributed by atoms with E-state index in [1.807, 2.05) is 19.2 Å². The number of rotatable bonds is 3. The summed E-state index contributed by atoms with van der Waals surface area (Å²) in [6, 6.07) is 7.37. The molecule has 0 fully saturated rings. The monoisotopic (exact) mass is 313 g/mol. The van der Waals surface area contributed by atoms with Crippen molar-refractivity contribution in [2.75, 3.05) is 7.05 Å². The molecule has 2 rings (SSSR count). The molecule has 0 radical (unpaired) electrons. The van der Waals surface area contributed by atoms with Gasteiger partial charge in [0.05, 0.1) is 10.5 Å². The summed E-state index contributed by atoms with van der Waals surface area (Å²) in [5.74, 6) is -0.198. The van der Waals surface area contributed by atoms with Crippen molar-refractivity contribution in [2.45, 2.75) is 13.0 Å². The first-order valence-corrected chi connectivity index (χ1v) is 6.97. The first kappa shape index (κ1) is 12.7. The Morgan fingerprint density at radius 3 is 2.76 bits per heavy atom. The summed E-state index contributed by atoms with van der Waals surface area (Å²) < 4.78 is 14.5. The number of aryl methyl sites for hydroxylation is 1. The standard InChI is InChI=1S/C13H13BrFNS/c1-8-6-9(7-17-8)13(16-2)10-4-3-5-11(14)12(10)15/h3-7,13,16H,1-2H3. The van der Waals surface area contributed by atoms with E-state index in [-0.39, 0.29) is 11.9 Å². The summed E-state index contributed by atoms with van der Waals surface area (Å²) in [6.07, 6.45) is 0. The van der Waals surface area contributed by atoms with Gasteiger partial charge < -0.3 is 5.32 Å². The van der Waals surface area contributed by atoms with Crippen LogP contribution in [0.25, 0.3) is 0 Å². The van der Waals surface area contributed by atoms with Gasteiger partial charge >= 0.3 is 0 Å². The molecule has 0 bridgehead atoms. The maximum Gasteiger partial charge on any atom is 0.142 e. The van der Waals surface area contributed by atoms with Crippen LogP contribution in [0.2, 0.25) is 0 Å². The fourth-order valence-electron chi connectivity index (χ4n) is 1.86. The Kier molecular flexibility index (Phi) is 3.97. The lowest BCUT2D eigenvalue weighted by Gasteiger charge is -2.16. The van der Waals surface area contributed by atoms with Crippen molar-refractivity contribution >= 4 is 27.3 Å². The third-order valence-electron chi connectivity index (χ3n) is 2.67. The Labute approximate surface area is 113 Å². The molecule has 90 valence electrons. The molecule has 0 amide bonds. The second-order valence-electron chi connectivity index (χ2n) is 3.86. The predicted molar refractivity (Wildman–Crippen MR) is 74.1 cm³/mol. The second-order valence-corrected chi connectivity index (χ2v) is 5.83. The number of hydrogen-bond donors (Lipinski definition) is 1. The van der Waals surface area contributed by atoms with Crippen molar-refractivity contribution in [3.63, 3.8) is 0 Å². The normalized spacial score (nSPS) is 12.7. The minimum Gasteiger partial charge on any atom is -0.309 e. The number of nitrogens with one attached hydrogen (secondary N) is 1. The minimum absolute atomic E-state index is 0.0996. The van der Waals surface area contributed by atoms with Gasteiger partial charge in [-0.3, -0.25) is 0 Å². The minimum atomic E-state index is -0.198. The van der Waals surface area contributed by atoms with E-state index >= 15 is 0 Å². The van der Waals surface area contributed by atoms with Crippen LogP contribution >= 0.6 is 27.3 Å². The molecule has 4 heteroatoms. The van der Waals surface area contributed by atoms with Gasteiger partial charge in [-0.15, -0.1) is 11.3 Å². The molecule has 1 heterocycles. The fraction of sp³-hybridized carbons (Fsp3) is 0.231. The quantitative estimate of drug-likeness (QED) is 0.892. The topological polar surface area (TPSA) is 12.0 Å². The zero-order chi connectivity index (χ0) is 12.4. The lowest BCUT2D eigenvalue weighted by atomic mass is 10.0. The zero-order valence-corrected chi connectivity index (χ0v) is 12.0. The molecule has 1 aromatic heterocycles. The number of benzene rings is 1. The Hall–Kier alpha value is -0.710. The van der Waals surface area contributed by atoms with Crippen LogP contribution in [0.15, 0.2) is 34.1 Å². The molecule has 0 saturated heterocycles. The number of hydrogen-bond acceptors (Lipinski definition) is 2. The van der Waals surface area contributed by atoms with Gasteiger partial charge in [-0.05, 0) is 53.0 Å². The van der Waals surface area contributed by atoms with E-state index in [0.717, 1.165) is 5.56 Å². The third-order valence-corrected chi connectivity index (χ3v) is 4.16. The van der Waals surface area contributed by atoms with E-state index in [9.17, 15) is 4.39 Å². The zero-order valence-electron chi connectivity index (χ0n) is 9.63. The third kappa shape index (κ3) is 2.59. The highest BCUT2D eigenvalue weighted by molar-refractivity contribution is 9.10. The highest BCUT2D eigenvalue weighted by atomic mass is 79.9. The van der Waals surface area contributed by atoms with E-state index in [1.165, 1.54) is 4.88 Å². The number of halogens is 2. The molecular weight excluding hydrogens is 301 g/mol. The summed E-state index contributed by atoms with van der Waals surface area (Å²) in [6.45, 7) is 2.05. The fourth-order valence-corrected chi connectivity index (χ4v) is 2.97. The van der Waals surface area contributed by atoms with Gasteiger partial charge in [0.15, 0.2) is 0 Å². The van der Waals surface area contributed by atoms with Gasteiger partial charge in [0, 0.05) is 10.4 Å². The average molecular weight is 314 g/mol. The van der Waals surface area contributed by atoms with Crippen LogP contribution in [-0.2, 0) is 0 Å². The van der Waals surface area contributed by atoms with Crippen LogP contribution in [0.4, 0.5) is 4.39 Å². The van der Waals surface area contributed by atoms with Crippen LogP contribution in [0, 0.1) is 12.7 Å². The van der Waals surface area contributed by atoms with Crippen LogP contribution < -0.4 is 5.32 Å². The van der Waals surface area contributed by atoms with Crippen LogP contribution in [0.3, 0.4) is 0 Å². The van der Waals surface area contributed by atoms with Gasteiger partial charge in [-0.1, -0.05) is 12.1 Å². The van der Waals surface area contributed by atoms with Gasteiger partial charge in [0.25, 0.3) is 0 Å². The summed E-state index contributed by atoms with van der Waals surface area (Å²) in [5, 5.41) is 5.23. The summed E-state index contributed by atoms with van der Waals surface area (Å²) in [4.78, 5) is 1.23. The Morgan fingerprint density at radius 2 is 2.18 bits per heavy atom. The van der Waals surface area contributed by atoms with E-state index < -0.39 is 0 Å². The van der Waals surface area contributed by atoms with Gasteiger partial charge in [0.2, 0.25) is 0 Å². The van der Waals surface area contributed by atoms with E-state index in [4.69, 9.17) is 0 Å². The molecular formula is C13H13BrFNS. The lowest BCUT2D eigenvalue weighted by Crippen LogP contribution is -2.18. The highest BCUT2D eigenvalue weighted by Crippen LogP contribution is 2.30. The van der Waals surface area contributed by atoms with Crippen molar-refractivity contribution in [1.29, 1.82) is 0 Å². The van der Waals surface area contributed by atoms with E-state index in [0.29, 0.717) is 10.0 Å². The Bertz CT molecular complexity index is 524. The van der Waals surface area contributed by atoms with Crippen LogP contribution in [-0.4, -0.2) is 7.05 Å². The largest absolute Gasteiger partial charge is 0.309 e. The van der Waals surface area contributed by atoms with Crippen molar-refractivity contribution in [3.05, 3.63) is 55.9 Å². The molecule has 1 unspecified atom stereocenters. The molecule has 1 aromatic carbocycles.